The molecule has 0 fully saturated rings. The zero-order valence-corrected chi connectivity index (χ0v) is 14.2. The predicted octanol–water partition coefficient (Wildman–Crippen LogP) is 4.07. The molecule has 0 amide bonds. The quantitative estimate of drug-likeness (QED) is 0.597. The molecule has 1 aromatic heterocycles. The van der Waals surface area contributed by atoms with Crippen LogP contribution in [0.4, 0.5) is 26.3 Å². The summed E-state index contributed by atoms with van der Waals surface area (Å²) in [6.45, 7) is 0.0717. The number of aromatic nitrogens is 3. The van der Waals surface area contributed by atoms with Crippen LogP contribution in [-0.2, 0) is 21.9 Å². The summed E-state index contributed by atoms with van der Waals surface area (Å²) in [6, 6.07) is 0.976. The molecule has 1 aliphatic heterocycles. The Morgan fingerprint density at radius 2 is 1.76 bits per heavy atom. The summed E-state index contributed by atoms with van der Waals surface area (Å²) in [5, 5.41) is 13.1. The van der Waals surface area contributed by atoms with Crippen molar-refractivity contribution >= 4 is 12.2 Å². The average Bonchev–Trinajstić information content (AvgIpc) is 3.29. The number of carboxylic acids is 1. The van der Waals surface area contributed by atoms with Gasteiger partial charge in [-0.2, -0.15) is 26.3 Å². The molecule has 0 aliphatic carbocycles. The zero-order valence-electron chi connectivity index (χ0n) is 14.2. The molecule has 12 heteroatoms. The number of halogens is 6. The van der Waals surface area contributed by atoms with Gasteiger partial charge in [-0.1, -0.05) is 0 Å². The first kappa shape index (κ1) is 20.4. The van der Waals surface area contributed by atoms with Gasteiger partial charge in [0.05, 0.1) is 29.6 Å². The van der Waals surface area contributed by atoms with Gasteiger partial charge in [0.25, 0.3) is 0 Å². The van der Waals surface area contributed by atoms with Crippen molar-refractivity contribution in [2.24, 2.45) is 5.92 Å². The first-order valence-electron chi connectivity index (χ1n) is 7.89. The number of aliphatic carboxylic acids is 1. The van der Waals surface area contributed by atoms with Crippen molar-refractivity contribution in [2.75, 3.05) is 6.61 Å². The summed E-state index contributed by atoms with van der Waals surface area (Å²) in [5.41, 5.74) is -3.67. The SMILES string of the molecule is O=C(O)C(=Cn1cnc(-c2cc(C(F)(F)F)cc(C(F)(F)F)c2)n1)C1C=COC1. The van der Waals surface area contributed by atoms with Gasteiger partial charge in [-0.05, 0) is 24.3 Å². The van der Waals surface area contributed by atoms with Crippen molar-refractivity contribution < 1.29 is 41.0 Å². The lowest BCUT2D eigenvalue weighted by molar-refractivity contribution is -0.143. The van der Waals surface area contributed by atoms with Crippen LogP contribution in [0, 0.1) is 5.92 Å². The Morgan fingerprint density at radius 3 is 2.24 bits per heavy atom. The Kier molecular flexibility index (Phi) is 5.11. The van der Waals surface area contributed by atoms with Crippen LogP contribution in [-0.4, -0.2) is 32.4 Å². The number of rotatable bonds is 4. The Morgan fingerprint density at radius 1 is 1.14 bits per heavy atom. The molecule has 6 nitrogen and oxygen atoms in total. The van der Waals surface area contributed by atoms with Crippen LogP contribution < -0.4 is 0 Å². The fraction of sp³-hybridized carbons (Fsp3) is 0.235. The van der Waals surface area contributed by atoms with Crippen LogP contribution >= 0.6 is 0 Å². The maximum atomic E-state index is 13.0. The second-order valence-electron chi connectivity index (χ2n) is 6.00. The van der Waals surface area contributed by atoms with Gasteiger partial charge in [0.1, 0.15) is 6.33 Å². The molecule has 0 radical (unpaired) electrons. The van der Waals surface area contributed by atoms with Crippen LogP contribution in [0.1, 0.15) is 11.1 Å². The molecule has 2 aromatic rings. The fourth-order valence-electron chi connectivity index (χ4n) is 2.56. The third kappa shape index (κ3) is 4.58. The molecule has 1 N–H and O–H groups in total. The smallest absolute Gasteiger partial charge is 0.416 e. The summed E-state index contributed by atoms with van der Waals surface area (Å²) in [7, 11) is 0. The molecular formula is C17H11F6N3O3. The highest BCUT2D eigenvalue weighted by atomic mass is 19.4. The largest absolute Gasteiger partial charge is 0.501 e. The van der Waals surface area contributed by atoms with Crippen LogP contribution in [0.3, 0.4) is 0 Å². The minimum absolute atomic E-state index is 0.00460. The molecule has 29 heavy (non-hydrogen) atoms. The molecule has 1 aromatic carbocycles. The maximum absolute atomic E-state index is 13.0. The number of hydrogen-bond acceptors (Lipinski definition) is 4. The monoisotopic (exact) mass is 419 g/mol. The van der Waals surface area contributed by atoms with Gasteiger partial charge in [0.15, 0.2) is 5.82 Å². The molecule has 0 spiro atoms. The van der Waals surface area contributed by atoms with Gasteiger partial charge in [-0.3, -0.25) is 0 Å². The second kappa shape index (κ2) is 7.26. The van der Waals surface area contributed by atoms with E-state index >= 15 is 0 Å². The van der Waals surface area contributed by atoms with Crippen molar-refractivity contribution in [3.63, 3.8) is 0 Å². The number of carbonyl (C=O) groups is 1. The lowest BCUT2D eigenvalue weighted by Crippen LogP contribution is -2.13. The summed E-state index contributed by atoms with van der Waals surface area (Å²) in [5.74, 6) is -2.31. The molecule has 1 unspecified atom stereocenters. The van der Waals surface area contributed by atoms with Gasteiger partial charge in [0.2, 0.25) is 0 Å². The van der Waals surface area contributed by atoms with Gasteiger partial charge in [-0.25, -0.2) is 14.5 Å². The summed E-state index contributed by atoms with van der Waals surface area (Å²) >= 11 is 0. The molecule has 154 valence electrons. The summed E-state index contributed by atoms with van der Waals surface area (Å²) < 4.78 is 83.8. The highest BCUT2D eigenvalue weighted by Gasteiger charge is 2.37. The first-order valence-corrected chi connectivity index (χ1v) is 7.89. The number of carboxylic acid groups (broad SMARTS) is 1. The van der Waals surface area contributed by atoms with Gasteiger partial charge in [-0.15, -0.1) is 5.10 Å². The van der Waals surface area contributed by atoms with E-state index in [1.165, 1.54) is 12.3 Å². The highest BCUT2D eigenvalue weighted by Crippen LogP contribution is 2.38. The molecule has 1 atom stereocenters. The van der Waals surface area contributed by atoms with Gasteiger partial charge < -0.3 is 9.84 Å². The maximum Gasteiger partial charge on any atom is 0.416 e. The second-order valence-corrected chi connectivity index (χ2v) is 6.00. The Labute approximate surface area is 158 Å². The normalized spacial score (nSPS) is 17.4. The molecule has 1 aliphatic rings. The Bertz CT molecular complexity index is 959. The predicted molar refractivity (Wildman–Crippen MR) is 86.0 cm³/mol. The van der Waals surface area contributed by atoms with Gasteiger partial charge >= 0.3 is 18.3 Å². The minimum Gasteiger partial charge on any atom is -0.501 e. The van der Waals surface area contributed by atoms with Crippen LogP contribution in [0.15, 0.2) is 42.4 Å². The average molecular weight is 419 g/mol. The molecule has 0 bridgehead atoms. The third-order valence-corrected chi connectivity index (χ3v) is 3.96. The standard InChI is InChI=1S/C17H11F6N3O3/c18-16(19,20)11-3-10(4-12(5-11)17(21,22)23)14-24-8-26(25-14)6-13(15(27)28)9-1-2-29-7-9/h1-6,8-9H,7H2,(H,27,28). The van der Waals surface area contributed by atoms with E-state index in [1.54, 1.807) is 0 Å². The van der Waals surface area contributed by atoms with Crippen molar-refractivity contribution in [1.82, 2.24) is 14.8 Å². The van der Waals surface area contributed by atoms with E-state index in [4.69, 9.17) is 4.74 Å². The molecule has 3 rings (SSSR count). The summed E-state index contributed by atoms with van der Waals surface area (Å²) in [6.07, 6.45) is -5.19. The number of benzene rings is 1. The lowest BCUT2D eigenvalue weighted by Gasteiger charge is -2.13. The molecule has 2 heterocycles. The van der Waals surface area contributed by atoms with Crippen LogP contribution in [0.25, 0.3) is 17.6 Å². The van der Waals surface area contributed by atoms with E-state index in [2.05, 4.69) is 10.1 Å². The number of hydrogen-bond donors (Lipinski definition) is 1. The fourth-order valence-corrected chi connectivity index (χ4v) is 2.56. The first-order chi connectivity index (χ1) is 13.4. The van der Waals surface area contributed by atoms with Crippen LogP contribution in [0.5, 0.6) is 0 Å². The Balaban J connectivity index is 2.02. The van der Waals surface area contributed by atoms with Crippen molar-refractivity contribution in [2.45, 2.75) is 12.4 Å². The van der Waals surface area contributed by atoms with E-state index in [0.717, 1.165) is 17.2 Å². The van der Waals surface area contributed by atoms with E-state index < -0.39 is 46.8 Å². The Hall–Kier alpha value is -3.31. The highest BCUT2D eigenvalue weighted by molar-refractivity contribution is 5.91. The number of ether oxygens (including phenoxy) is 1. The van der Waals surface area contributed by atoms with Crippen molar-refractivity contribution in [3.05, 3.63) is 53.6 Å². The third-order valence-electron chi connectivity index (χ3n) is 3.96. The van der Waals surface area contributed by atoms with E-state index in [9.17, 15) is 36.2 Å². The minimum atomic E-state index is -5.01. The van der Waals surface area contributed by atoms with Crippen molar-refractivity contribution in [1.29, 1.82) is 0 Å². The van der Waals surface area contributed by atoms with Crippen LogP contribution in [0.2, 0.25) is 0 Å². The molecule has 0 saturated heterocycles. The summed E-state index contributed by atoms with van der Waals surface area (Å²) in [4.78, 5) is 15.1. The van der Waals surface area contributed by atoms with E-state index in [0.29, 0.717) is 12.1 Å². The lowest BCUT2D eigenvalue weighted by atomic mass is 10.0. The molecular weight excluding hydrogens is 408 g/mol. The topological polar surface area (TPSA) is 77.2 Å². The van der Waals surface area contributed by atoms with E-state index in [-0.39, 0.29) is 18.2 Å². The molecule has 0 saturated carbocycles. The zero-order chi connectivity index (χ0) is 21.4. The number of nitrogens with zero attached hydrogens (tertiary/aromatic N) is 3. The number of alkyl halides is 6. The van der Waals surface area contributed by atoms with E-state index in [1.807, 2.05) is 0 Å². The van der Waals surface area contributed by atoms with Gasteiger partial charge in [0, 0.05) is 17.7 Å². The van der Waals surface area contributed by atoms with Crippen molar-refractivity contribution in [3.8, 4) is 11.4 Å².